The number of hydrogen-bond acceptors (Lipinski definition) is 4. The Morgan fingerprint density at radius 1 is 1.31 bits per heavy atom. The Bertz CT molecular complexity index is 405. The summed E-state index contributed by atoms with van der Waals surface area (Å²) < 4.78 is 4.64. The van der Waals surface area contributed by atoms with Crippen molar-refractivity contribution in [3.8, 4) is 0 Å². The van der Waals surface area contributed by atoms with Gasteiger partial charge in [-0.25, -0.2) is 0 Å². The van der Waals surface area contributed by atoms with E-state index in [1.165, 1.54) is 19.3 Å². The first kappa shape index (κ1) is 10.8. The fourth-order valence-electron chi connectivity index (χ4n) is 2.32. The molecule has 2 aliphatic carbocycles. The van der Waals surface area contributed by atoms with Gasteiger partial charge in [0.25, 0.3) is 0 Å². The Kier molecular flexibility index (Phi) is 2.73. The number of rotatable bonds is 1. The van der Waals surface area contributed by atoms with E-state index in [2.05, 4.69) is 4.74 Å². The molecule has 0 fully saturated rings. The van der Waals surface area contributed by atoms with Gasteiger partial charge >= 0.3 is 5.97 Å². The van der Waals surface area contributed by atoms with Crippen molar-refractivity contribution in [3.05, 3.63) is 24.3 Å². The highest BCUT2D eigenvalue weighted by molar-refractivity contribution is 6.09. The maximum atomic E-state index is 11.7. The largest absolute Gasteiger partial charge is 0.469 e. The minimum Gasteiger partial charge on any atom is -0.469 e. The number of esters is 1. The van der Waals surface area contributed by atoms with Gasteiger partial charge < -0.3 is 4.74 Å². The summed E-state index contributed by atoms with van der Waals surface area (Å²) in [6, 6.07) is 0. The van der Waals surface area contributed by atoms with E-state index in [0.717, 1.165) is 0 Å². The first-order valence-electron chi connectivity index (χ1n) is 5.15. The molecule has 0 aromatic rings. The summed E-state index contributed by atoms with van der Waals surface area (Å²) in [7, 11) is 1.28. The van der Waals surface area contributed by atoms with Crippen LogP contribution >= 0.6 is 0 Å². The van der Waals surface area contributed by atoms with Gasteiger partial charge in [-0.3, -0.25) is 14.4 Å². The zero-order chi connectivity index (χ0) is 11.7. The van der Waals surface area contributed by atoms with Crippen LogP contribution in [-0.2, 0) is 19.1 Å². The molecule has 0 aromatic carbocycles. The van der Waals surface area contributed by atoms with Crippen LogP contribution in [-0.4, -0.2) is 24.6 Å². The summed E-state index contributed by atoms with van der Waals surface area (Å²) in [6.45, 7) is 0. The van der Waals surface area contributed by atoms with E-state index in [4.69, 9.17) is 0 Å². The van der Waals surface area contributed by atoms with Crippen LogP contribution in [0, 0.1) is 17.8 Å². The summed E-state index contributed by atoms with van der Waals surface area (Å²) in [6.07, 6.45) is 6.52. The zero-order valence-corrected chi connectivity index (χ0v) is 8.88. The highest BCUT2D eigenvalue weighted by Crippen LogP contribution is 2.35. The van der Waals surface area contributed by atoms with E-state index in [1.807, 2.05) is 0 Å². The van der Waals surface area contributed by atoms with Crippen molar-refractivity contribution in [2.45, 2.75) is 6.42 Å². The summed E-state index contributed by atoms with van der Waals surface area (Å²) in [4.78, 5) is 34.8. The minimum absolute atomic E-state index is 0.0807. The zero-order valence-electron chi connectivity index (χ0n) is 8.88. The van der Waals surface area contributed by atoms with Gasteiger partial charge in [-0.2, -0.15) is 0 Å². The normalized spacial score (nSPS) is 32.4. The molecule has 4 heteroatoms. The number of hydrogen-bond donors (Lipinski definition) is 0. The molecule has 0 bridgehead atoms. The molecule has 84 valence electrons. The Morgan fingerprint density at radius 2 is 2.00 bits per heavy atom. The molecule has 16 heavy (non-hydrogen) atoms. The maximum Gasteiger partial charge on any atom is 0.313 e. The molecule has 2 aliphatic rings. The van der Waals surface area contributed by atoms with Gasteiger partial charge in [-0.05, 0) is 18.6 Å². The molecule has 0 radical (unpaired) electrons. The SMILES string of the molecule is COC(=O)C1C=CCC2C(=O)C=CC(=O)C12. The third-order valence-corrected chi connectivity index (χ3v) is 3.13. The number of carbonyl (C=O) groups excluding carboxylic acids is 3. The van der Waals surface area contributed by atoms with E-state index in [0.29, 0.717) is 6.42 Å². The predicted octanol–water partition coefficient (Wildman–Crippen LogP) is 0.676. The van der Waals surface area contributed by atoms with Gasteiger partial charge in [-0.15, -0.1) is 0 Å². The van der Waals surface area contributed by atoms with Crippen molar-refractivity contribution in [1.29, 1.82) is 0 Å². The average molecular weight is 220 g/mol. The van der Waals surface area contributed by atoms with Crippen molar-refractivity contribution in [3.63, 3.8) is 0 Å². The summed E-state index contributed by atoms with van der Waals surface area (Å²) >= 11 is 0. The molecule has 0 saturated carbocycles. The minimum atomic E-state index is -0.620. The van der Waals surface area contributed by atoms with E-state index in [1.54, 1.807) is 12.2 Å². The van der Waals surface area contributed by atoms with Gasteiger partial charge in [0.2, 0.25) is 0 Å². The van der Waals surface area contributed by atoms with Crippen LogP contribution in [0.2, 0.25) is 0 Å². The molecule has 0 spiro atoms. The third kappa shape index (κ3) is 1.60. The lowest BCUT2D eigenvalue weighted by Gasteiger charge is -2.32. The molecular weight excluding hydrogens is 208 g/mol. The Morgan fingerprint density at radius 3 is 2.69 bits per heavy atom. The highest BCUT2D eigenvalue weighted by Gasteiger charge is 2.43. The predicted molar refractivity (Wildman–Crippen MR) is 55.4 cm³/mol. The van der Waals surface area contributed by atoms with Crippen molar-refractivity contribution in [2.24, 2.45) is 17.8 Å². The lowest BCUT2D eigenvalue weighted by Crippen LogP contribution is -2.41. The molecule has 0 aliphatic heterocycles. The Balaban J connectivity index is 2.36. The molecule has 3 unspecified atom stereocenters. The van der Waals surface area contributed by atoms with Crippen LogP contribution in [0.1, 0.15) is 6.42 Å². The monoisotopic (exact) mass is 220 g/mol. The lowest BCUT2D eigenvalue weighted by atomic mass is 9.69. The fourth-order valence-corrected chi connectivity index (χ4v) is 2.32. The van der Waals surface area contributed by atoms with Crippen LogP contribution in [0.5, 0.6) is 0 Å². The van der Waals surface area contributed by atoms with Crippen LogP contribution < -0.4 is 0 Å². The van der Waals surface area contributed by atoms with E-state index < -0.39 is 23.7 Å². The fraction of sp³-hybridized carbons (Fsp3) is 0.417. The lowest BCUT2D eigenvalue weighted by molar-refractivity contribution is -0.149. The Labute approximate surface area is 93.0 Å². The van der Waals surface area contributed by atoms with Crippen LogP contribution in [0.25, 0.3) is 0 Å². The number of allylic oxidation sites excluding steroid dienone is 3. The third-order valence-electron chi connectivity index (χ3n) is 3.13. The van der Waals surface area contributed by atoms with Crippen molar-refractivity contribution >= 4 is 17.5 Å². The maximum absolute atomic E-state index is 11.7. The van der Waals surface area contributed by atoms with E-state index >= 15 is 0 Å². The second-order valence-electron chi connectivity index (χ2n) is 3.98. The quantitative estimate of drug-likeness (QED) is 0.481. The second-order valence-corrected chi connectivity index (χ2v) is 3.98. The summed E-state index contributed by atoms with van der Waals surface area (Å²) in [5.74, 6) is -2.29. The molecular formula is C12H12O4. The molecule has 4 nitrogen and oxygen atoms in total. The molecule has 0 saturated heterocycles. The van der Waals surface area contributed by atoms with Gasteiger partial charge in [0, 0.05) is 11.8 Å². The molecule has 0 amide bonds. The summed E-state index contributed by atoms with van der Waals surface area (Å²) in [5, 5.41) is 0. The molecule has 0 heterocycles. The van der Waals surface area contributed by atoms with Crippen molar-refractivity contribution in [1.82, 2.24) is 0 Å². The van der Waals surface area contributed by atoms with Crippen LogP contribution in [0.3, 0.4) is 0 Å². The summed E-state index contributed by atoms with van der Waals surface area (Å²) in [5.41, 5.74) is 0. The van der Waals surface area contributed by atoms with Crippen LogP contribution in [0.15, 0.2) is 24.3 Å². The molecule has 2 rings (SSSR count). The van der Waals surface area contributed by atoms with Crippen molar-refractivity contribution < 1.29 is 19.1 Å². The van der Waals surface area contributed by atoms with Gasteiger partial charge in [-0.1, -0.05) is 12.2 Å². The van der Waals surface area contributed by atoms with E-state index in [-0.39, 0.29) is 11.6 Å². The highest BCUT2D eigenvalue weighted by atomic mass is 16.5. The molecule has 0 aromatic heterocycles. The van der Waals surface area contributed by atoms with Gasteiger partial charge in [0.05, 0.1) is 13.0 Å². The number of fused-ring (bicyclic) bond motifs is 1. The van der Waals surface area contributed by atoms with Crippen LogP contribution in [0.4, 0.5) is 0 Å². The number of methoxy groups -OCH3 is 1. The standard InChI is InChI=1S/C12H12O4/c1-16-12(15)8-4-2-3-7-9(13)5-6-10(14)11(7)8/h2,4-8,11H,3H2,1H3. The first-order valence-corrected chi connectivity index (χ1v) is 5.15. The first-order chi connectivity index (χ1) is 7.65. The second kappa shape index (κ2) is 4.04. The molecule has 0 N–H and O–H groups in total. The topological polar surface area (TPSA) is 60.4 Å². The number of ketones is 2. The smallest absolute Gasteiger partial charge is 0.313 e. The van der Waals surface area contributed by atoms with Gasteiger partial charge in [0.1, 0.15) is 0 Å². The molecule has 3 atom stereocenters. The van der Waals surface area contributed by atoms with Gasteiger partial charge in [0.15, 0.2) is 11.6 Å². The Hall–Kier alpha value is -1.71. The number of ether oxygens (including phenoxy) is 1. The van der Waals surface area contributed by atoms with Crippen molar-refractivity contribution in [2.75, 3.05) is 7.11 Å². The average Bonchev–Trinajstić information content (AvgIpc) is 2.32. The van der Waals surface area contributed by atoms with E-state index in [9.17, 15) is 14.4 Å². The number of carbonyl (C=O) groups is 3.